The number of halogens is 1. The summed E-state index contributed by atoms with van der Waals surface area (Å²) < 4.78 is 28.4. The van der Waals surface area contributed by atoms with E-state index < -0.39 is 10.0 Å². The second-order valence-electron chi connectivity index (χ2n) is 3.88. The van der Waals surface area contributed by atoms with E-state index in [0.717, 1.165) is 17.3 Å². The Bertz CT molecular complexity index is 567. The van der Waals surface area contributed by atoms with Crippen LogP contribution in [0.25, 0.3) is 0 Å². The van der Waals surface area contributed by atoms with Gasteiger partial charge in [-0.3, -0.25) is 0 Å². The van der Waals surface area contributed by atoms with E-state index in [1.54, 1.807) is 12.1 Å². The molecule has 17 heavy (non-hydrogen) atoms. The molecule has 92 valence electrons. The molecule has 0 saturated carbocycles. The van der Waals surface area contributed by atoms with E-state index >= 15 is 0 Å². The first-order valence-electron chi connectivity index (χ1n) is 5.43. The summed E-state index contributed by atoms with van der Waals surface area (Å²) in [5.74, 6) is 0.529. The first kappa shape index (κ1) is 12.6. The molecule has 1 aromatic carbocycles. The number of rotatable bonds is 3. The van der Waals surface area contributed by atoms with Crippen molar-refractivity contribution in [2.75, 3.05) is 5.32 Å². The average molecular weight is 317 g/mol. The van der Waals surface area contributed by atoms with Gasteiger partial charge in [-0.2, -0.15) is 8.42 Å². The zero-order valence-electron chi connectivity index (χ0n) is 9.40. The van der Waals surface area contributed by atoms with Crippen molar-refractivity contribution >= 4 is 37.5 Å². The monoisotopic (exact) mass is 316 g/mol. The maximum atomic E-state index is 12.0. The highest BCUT2D eigenvalue weighted by molar-refractivity contribution is 9.10. The second kappa shape index (κ2) is 4.78. The van der Waals surface area contributed by atoms with E-state index in [1.807, 2.05) is 6.07 Å². The standard InChI is InChI=1S/C11H13BrN2O2S/c1-2-3-4-11-13-9-6-5-8(12)7-10(9)17(15,16)14-11/h5-7H,2-4H2,1H3,(H,13,14). The SMILES string of the molecule is CCCCC1=NS(=O)(=O)c2cc(Br)ccc2N1. The molecule has 0 aliphatic carbocycles. The van der Waals surface area contributed by atoms with Crippen LogP contribution in [0.1, 0.15) is 26.2 Å². The molecule has 0 bridgehead atoms. The van der Waals surface area contributed by atoms with Gasteiger partial charge in [0.25, 0.3) is 10.0 Å². The number of benzene rings is 1. The summed E-state index contributed by atoms with van der Waals surface area (Å²) in [5.41, 5.74) is 0.606. The van der Waals surface area contributed by atoms with Crippen molar-refractivity contribution < 1.29 is 8.42 Å². The fourth-order valence-corrected chi connectivity index (χ4v) is 3.35. The van der Waals surface area contributed by atoms with E-state index in [4.69, 9.17) is 0 Å². The molecule has 0 radical (unpaired) electrons. The molecule has 0 unspecified atom stereocenters. The van der Waals surface area contributed by atoms with Gasteiger partial charge in [-0.15, -0.1) is 4.40 Å². The Morgan fingerprint density at radius 3 is 2.88 bits per heavy atom. The fraction of sp³-hybridized carbons (Fsp3) is 0.364. The number of nitrogens with one attached hydrogen (secondary N) is 1. The van der Waals surface area contributed by atoms with Crippen molar-refractivity contribution in [1.82, 2.24) is 0 Å². The molecule has 1 heterocycles. The van der Waals surface area contributed by atoms with Gasteiger partial charge in [-0.1, -0.05) is 29.3 Å². The predicted molar refractivity (Wildman–Crippen MR) is 71.9 cm³/mol. The molecule has 0 aromatic heterocycles. The Morgan fingerprint density at radius 2 is 2.18 bits per heavy atom. The average Bonchev–Trinajstić information content (AvgIpc) is 2.27. The van der Waals surface area contributed by atoms with Gasteiger partial charge in [0.15, 0.2) is 0 Å². The Hall–Kier alpha value is -0.880. The molecule has 4 nitrogen and oxygen atoms in total. The molecule has 1 aliphatic heterocycles. The van der Waals surface area contributed by atoms with Crippen LogP contribution in [0.15, 0.2) is 32.0 Å². The van der Waals surface area contributed by atoms with Crippen LogP contribution in [0.4, 0.5) is 5.69 Å². The third-order valence-electron chi connectivity index (χ3n) is 2.50. The number of unbranched alkanes of at least 4 members (excludes halogenated alkanes) is 1. The summed E-state index contributed by atoms with van der Waals surface area (Å²) in [5, 5.41) is 3.06. The molecule has 1 aromatic rings. The van der Waals surface area contributed by atoms with Crippen LogP contribution in [0.3, 0.4) is 0 Å². The number of hydrogen-bond acceptors (Lipinski definition) is 3. The Kier molecular flexibility index (Phi) is 3.53. The van der Waals surface area contributed by atoms with Gasteiger partial charge >= 0.3 is 0 Å². The van der Waals surface area contributed by atoms with E-state index in [9.17, 15) is 8.42 Å². The Balaban J connectivity index is 2.40. The minimum Gasteiger partial charge on any atom is -0.342 e. The van der Waals surface area contributed by atoms with Gasteiger partial charge in [0.05, 0.1) is 5.69 Å². The number of hydrogen-bond donors (Lipinski definition) is 1. The van der Waals surface area contributed by atoms with Crippen molar-refractivity contribution in [3.8, 4) is 0 Å². The Morgan fingerprint density at radius 1 is 1.41 bits per heavy atom. The summed E-state index contributed by atoms with van der Waals surface area (Å²) in [7, 11) is -3.55. The van der Waals surface area contributed by atoms with Crippen molar-refractivity contribution in [3.05, 3.63) is 22.7 Å². The lowest BCUT2D eigenvalue weighted by molar-refractivity contribution is 0.597. The molecule has 0 fully saturated rings. The molecular formula is C11H13BrN2O2S. The normalized spacial score (nSPS) is 16.9. The van der Waals surface area contributed by atoms with Crippen molar-refractivity contribution in [1.29, 1.82) is 0 Å². The van der Waals surface area contributed by atoms with Gasteiger partial charge in [0, 0.05) is 10.9 Å². The lowest BCUT2D eigenvalue weighted by atomic mass is 10.2. The quantitative estimate of drug-likeness (QED) is 0.931. The maximum absolute atomic E-state index is 12.0. The van der Waals surface area contributed by atoms with Gasteiger partial charge in [0.1, 0.15) is 10.7 Å². The van der Waals surface area contributed by atoms with E-state index in [2.05, 4.69) is 32.6 Å². The number of sulfonamides is 1. The highest BCUT2D eigenvalue weighted by atomic mass is 79.9. The molecular weight excluding hydrogens is 304 g/mol. The lowest BCUT2D eigenvalue weighted by Gasteiger charge is -2.18. The summed E-state index contributed by atoms with van der Waals surface area (Å²) in [6.45, 7) is 2.06. The third-order valence-corrected chi connectivity index (χ3v) is 4.35. The summed E-state index contributed by atoms with van der Waals surface area (Å²) in [6, 6.07) is 5.12. The molecule has 1 aliphatic rings. The number of nitrogens with zero attached hydrogens (tertiary/aromatic N) is 1. The van der Waals surface area contributed by atoms with Crippen molar-refractivity contribution in [2.24, 2.45) is 4.40 Å². The van der Waals surface area contributed by atoms with Crippen LogP contribution < -0.4 is 5.32 Å². The topological polar surface area (TPSA) is 58.5 Å². The van der Waals surface area contributed by atoms with Gasteiger partial charge in [-0.25, -0.2) is 0 Å². The number of fused-ring (bicyclic) bond motifs is 1. The zero-order chi connectivity index (χ0) is 12.5. The fourth-order valence-electron chi connectivity index (χ4n) is 1.64. The van der Waals surface area contributed by atoms with Crippen LogP contribution in [0, 0.1) is 0 Å². The molecule has 6 heteroatoms. The van der Waals surface area contributed by atoms with Gasteiger partial charge < -0.3 is 5.32 Å². The molecule has 0 atom stereocenters. The van der Waals surface area contributed by atoms with Crippen LogP contribution >= 0.6 is 15.9 Å². The predicted octanol–water partition coefficient (Wildman–Crippen LogP) is 3.15. The number of anilines is 1. The van der Waals surface area contributed by atoms with Crippen LogP contribution in [0.5, 0.6) is 0 Å². The van der Waals surface area contributed by atoms with Crippen molar-refractivity contribution in [3.63, 3.8) is 0 Å². The first-order valence-corrected chi connectivity index (χ1v) is 7.66. The van der Waals surface area contributed by atoms with Crippen LogP contribution in [-0.4, -0.2) is 14.3 Å². The summed E-state index contributed by atoms with van der Waals surface area (Å²) >= 11 is 3.26. The van der Waals surface area contributed by atoms with Crippen LogP contribution in [0.2, 0.25) is 0 Å². The molecule has 1 N–H and O–H groups in total. The largest absolute Gasteiger partial charge is 0.342 e. The second-order valence-corrected chi connectivity index (χ2v) is 6.37. The van der Waals surface area contributed by atoms with Crippen molar-refractivity contribution in [2.45, 2.75) is 31.1 Å². The minimum absolute atomic E-state index is 0.229. The third kappa shape index (κ3) is 2.69. The first-order chi connectivity index (χ1) is 8.03. The zero-order valence-corrected chi connectivity index (χ0v) is 11.8. The lowest BCUT2D eigenvalue weighted by Crippen LogP contribution is -2.21. The molecule has 0 amide bonds. The smallest absolute Gasteiger partial charge is 0.286 e. The van der Waals surface area contributed by atoms with E-state index in [0.29, 0.717) is 17.9 Å². The Labute approximate surface area is 109 Å². The maximum Gasteiger partial charge on any atom is 0.286 e. The van der Waals surface area contributed by atoms with E-state index in [-0.39, 0.29) is 4.90 Å². The molecule has 2 rings (SSSR count). The molecule has 0 saturated heterocycles. The van der Waals surface area contributed by atoms with Gasteiger partial charge in [0.2, 0.25) is 0 Å². The molecule has 0 spiro atoms. The van der Waals surface area contributed by atoms with Crippen LogP contribution in [-0.2, 0) is 10.0 Å². The summed E-state index contributed by atoms with van der Waals surface area (Å²) in [6.07, 6.45) is 2.59. The highest BCUT2D eigenvalue weighted by Gasteiger charge is 2.24. The summed E-state index contributed by atoms with van der Waals surface area (Å²) in [4.78, 5) is 0.229. The number of amidine groups is 1. The minimum atomic E-state index is -3.55. The van der Waals surface area contributed by atoms with Gasteiger partial charge in [-0.05, 0) is 24.6 Å². The highest BCUT2D eigenvalue weighted by Crippen LogP contribution is 2.30. The van der Waals surface area contributed by atoms with E-state index in [1.165, 1.54) is 0 Å².